The topological polar surface area (TPSA) is 64.3 Å². The summed E-state index contributed by atoms with van der Waals surface area (Å²) in [7, 11) is 0. The zero-order valence-corrected chi connectivity index (χ0v) is 11.7. The molecule has 1 N–H and O–H groups in total. The van der Waals surface area contributed by atoms with Gasteiger partial charge in [-0.15, -0.1) is 0 Å². The van der Waals surface area contributed by atoms with E-state index in [4.69, 9.17) is 9.84 Å². The molecule has 0 radical (unpaired) electrons. The maximum atomic E-state index is 10.9. The molecule has 110 valence electrons. The first-order valence-electron chi connectivity index (χ1n) is 6.78. The molecule has 0 bridgehead atoms. The van der Waals surface area contributed by atoms with Crippen molar-refractivity contribution < 1.29 is 14.6 Å². The lowest BCUT2D eigenvalue weighted by atomic mass is 9.98. The third-order valence-corrected chi connectivity index (χ3v) is 3.33. The van der Waals surface area contributed by atoms with Gasteiger partial charge in [0.2, 0.25) is 5.88 Å². The van der Waals surface area contributed by atoms with Crippen LogP contribution in [0.5, 0.6) is 5.88 Å². The van der Waals surface area contributed by atoms with Crippen LogP contribution in [0.25, 0.3) is 0 Å². The van der Waals surface area contributed by atoms with Crippen molar-refractivity contribution in [3.05, 3.63) is 84.3 Å². The van der Waals surface area contributed by atoms with Crippen molar-refractivity contribution in [3.63, 3.8) is 0 Å². The van der Waals surface area contributed by atoms with Crippen LogP contribution in [0.1, 0.15) is 17.2 Å². The third-order valence-electron chi connectivity index (χ3n) is 3.33. The average Bonchev–Trinajstić information content (AvgIpc) is 2.97. The van der Waals surface area contributed by atoms with E-state index in [0.717, 1.165) is 11.1 Å². The van der Waals surface area contributed by atoms with E-state index in [0.29, 0.717) is 0 Å². The van der Waals surface area contributed by atoms with Crippen LogP contribution in [0.15, 0.2) is 73.2 Å². The molecule has 1 heterocycles. The molecule has 0 saturated carbocycles. The summed E-state index contributed by atoms with van der Waals surface area (Å²) in [5.74, 6) is 0.185. The van der Waals surface area contributed by atoms with E-state index in [1.807, 2.05) is 60.7 Å². The summed E-state index contributed by atoms with van der Waals surface area (Å²) in [6, 6.07) is 19.4. The van der Waals surface area contributed by atoms with Crippen LogP contribution in [0.3, 0.4) is 0 Å². The van der Waals surface area contributed by atoms with Crippen LogP contribution in [0, 0.1) is 0 Å². The van der Waals surface area contributed by atoms with Crippen molar-refractivity contribution in [2.24, 2.45) is 0 Å². The molecule has 0 atom stereocenters. The van der Waals surface area contributed by atoms with E-state index in [2.05, 4.69) is 4.98 Å². The molecule has 0 amide bonds. The average molecular weight is 294 g/mol. The predicted molar refractivity (Wildman–Crippen MR) is 81.0 cm³/mol. The molecular formula is C17H14N2O3. The molecule has 0 aliphatic heterocycles. The molecule has 5 nitrogen and oxygen atoms in total. The van der Waals surface area contributed by atoms with Crippen molar-refractivity contribution in [2.75, 3.05) is 0 Å². The Labute approximate surface area is 127 Å². The molecule has 0 fully saturated rings. The number of aromatic nitrogens is 2. The van der Waals surface area contributed by atoms with Gasteiger partial charge in [-0.25, -0.2) is 9.78 Å². The van der Waals surface area contributed by atoms with Gasteiger partial charge in [-0.05, 0) is 11.1 Å². The lowest BCUT2D eigenvalue weighted by Crippen LogP contribution is -2.15. The van der Waals surface area contributed by atoms with Gasteiger partial charge in [0, 0.05) is 0 Å². The first-order chi connectivity index (χ1) is 10.8. The predicted octanol–water partition coefficient (Wildman–Crippen LogP) is 3.58. The first-order valence-corrected chi connectivity index (χ1v) is 6.78. The summed E-state index contributed by atoms with van der Waals surface area (Å²) in [6.45, 7) is 0. The number of ether oxygens (including phenoxy) is 1. The molecule has 0 aliphatic rings. The number of carbonyl (C=O) groups is 1. The van der Waals surface area contributed by atoms with E-state index in [9.17, 15) is 4.79 Å². The highest BCUT2D eigenvalue weighted by Gasteiger charge is 2.20. The van der Waals surface area contributed by atoms with E-state index in [1.54, 1.807) is 10.9 Å². The summed E-state index contributed by atoms with van der Waals surface area (Å²) in [5, 5.41) is 8.87. The van der Waals surface area contributed by atoms with Crippen molar-refractivity contribution in [1.82, 2.24) is 9.55 Å². The zero-order chi connectivity index (χ0) is 15.4. The first kappa shape index (κ1) is 13.9. The van der Waals surface area contributed by atoms with Crippen LogP contribution in [-0.2, 0) is 0 Å². The number of imidazole rings is 1. The van der Waals surface area contributed by atoms with E-state index in [-0.39, 0.29) is 11.9 Å². The lowest BCUT2D eigenvalue weighted by Gasteiger charge is -2.21. The number of benzene rings is 2. The van der Waals surface area contributed by atoms with Gasteiger partial charge < -0.3 is 9.84 Å². The second-order valence-corrected chi connectivity index (χ2v) is 4.73. The van der Waals surface area contributed by atoms with E-state index >= 15 is 0 Å². The number of nitrogens with zero attached hydrogens (tertiary/aromatic N) is 2. The SMILES string of the molecule is O=C(O)Oc1cncn1C(c1ccccc1)c1ccccc1. The normalized spacial score (nSPS) is 10.6. The quantitative estimate of drug-likeness (QED) is 0.747. The highest BCUT2D eigenvalue weighted by molar-refractivity contribution is 5.60. The van der Waals surface area contributed by atoms with E-state index in [1.165, 1.54) is 6.20 Å². The summed E-state index contributed by atoms with van der Waals surface area (Å²) < 4.78 is 6.53. The minimum Gasteiger partial charge on any atom is -0.449 e. The van der Waals surface area contributed by atoms with Crippen molar-refractivity contribution in [2.45, 2.75) is 6.04 Å². The molecular weight excluding hydrogens is 280 g/mol. The summed E-state index contributed by atoms with van der Waals surface area (Å²) in [4.78, 5) is 14.9. The van der Waals surface area contributed by atoms with Gasteiger partial charge >= 0.3 is 6.16 Å². The van der Waals surface area contributed by atoms with Crippen molar-refractivity contribution in [3.8, 4) is 5.88 Å². The number of carboxylic acid groups (broad SMARTS) is 1. The van der Waals surface area contributed by atoms with Gasteiger partial charge in [0.05, 0.1) is 18.6 Å². The standard InChI is InChI=1S/C17H14N2O3/c20-17(21)22-15-11-18-12-19(15)16(13-7-3-1-4-8-13)14-9-5-2-6-10-14/h1-12,16H,(H,20,21). The van der Waals surface area contributed by atoms with Gasteiger partial charge in [-0.2, -0.15) is 0 Å². The molecule has 1 aromatic heterocycles. The number of rotatable bonds is 4. The maximum absolute atomic E-state index is 10.9. The largest absolute Gasteiger partial charge is 0.512 e. The van der Waals surface area contributed by atoms with Gasteiger partial charge in [0.25, 0.3) is 0 Å². The minimum absolute atomic E-state index is 0.185. The van der Waals surface area contributed by atoms with Crippen LogP contribution in [-0.4, -0.2) is 20.8 Å². The fourth-order valence-corrected chi connectivity index (χ4v) is 2.44. The van der Waals surface area contributed by atoms with E-state index < -0.39 is 6.16 Å². The fraction of sp³-hybridized carbons (Fsp3) is 0.0588. The Morgan fingerprint density at radius 2 is 1.55 bits per heavy atom. The van der Waals surface area contributed by atoms with Crippen molar-refractivity contribution >= 4 is 6.16 Å². The Hall–Kier alpha value is -3.08. The Morgan fingerprint density at radius 1 is 1.00 bits per heavy atom. The van der Waals surface area contributed by atoms with Gasteiger partial charge in [-0.1, -0.05) is 60.7 Å². The zero-order valence-electron chi connectivity index (χ0n) is 11.7. The smallest absolute Gasteiger partial charge is 0.449 e. The maximum Gasteiger partial charge on any atom is 0.512 e. The number of hydrogen-bond acceptors (Lipinski definition) is 3. The van der Waals surface area contributed by atoms with Gasteiger partial charge in [0.1, 0.15) is 0 Å². The Bertz CT molecular complexity index is 714. The van der Waals surface area contributed by atoms with Crippen LogP contribution < -0.4 is 4.74 Å². The van der Waals surface area contributed by atoms with Crippen molar-refractivity contribution in [1.29, 1.82) is 0 Å². The summed E-state index contributed by atoms with van der Waals surface area (Å²) in [5.41, 5.74) is 2.03. The Kier molecular flexibility index (Phi) is 3.87. The molecule has 0 aliphatic carbocycles. The lowest BCUT2D eigenvalue weighted by molar-refractivity contribution is 0.140. The second-order valence-electron chi connectivity index (χ2n) is 4.73. The fourth-order valence-electron chi connectivity index (χ4n) is 2.44. The van der Waals surface area contributed by atoms with Crippen LogP contribution in [0.2, 0.25) is 0 Å². The summed E-state index contributed by atoms with van der Waals surface area (Å²) >= 11 is 0. The van der Waals surface area contributed by atoms with Crippen LogP contribution >= 0.6 is 0 Å². The monoisotopic (exact) mass is 294 g/mol. The molecule has 0 saturated heterocycles. The third kappa shape index (κ3) is 2.83. The molecule has 3 rings (SSSR count). The number of hydrogen-bond donors (Lipinski definition) is 1. The second kappa shape index (κ2) is 6.13. The molecule has 5 heteroatoms. The highest BCUT2D eigenvalue weighted by atomic mass is 16.7. The van der Waals surface area contributed by atoms with Gasteiger partial charge in [-0.3, -0.25) is 4.57 Å². The molecule has 0 spiro atoms. The summed E-state index contributed by atoms with van der Waals surface area (Å²) in [6.07, 6.45) is 1.61. The Balaban J connectivity index is 2.11. The molecule has 0 unspecified atom stereocenters. The highest BCUT2D eigenvalue weighted by Crippen LogP contribution is 2.30. The molecule has 22 heavy (non-hydrogen) atoms. The van der Waals surface area contributed by atoms with Crippen LogP contribution in [0.4, 0.5) is 4.79 Å². The minimum atomic E-state index is -1.36. The molecule has 3 aromatic rings. The Morgan fingerprint density at radius 3 is 2.05 bits per heavy atom. The molecule has 2 aromatic carbocycles. The van der Waals surface area contributed by atoms with Gasteiger partial charge in [0.15, 0.2) is 0 Å².